The molecule has 0 radical (unpaired) electrons. The van der Waals surface area contributed by atoms with Crippen molar-refractivity contribution < 1.29 is 17.5 Å². The first-order chi connectivity index (χ1) is 13.0. The van der Waals surface area contributed by atoms with Crippen molar-refractivity contribution in [3.8, 4) is 0 Å². The molecular weight excluding hydrogens is 506 g/mol. The fraction of sp³-hybridized carbons (Fsp3) is 0. The van der Waals surface area contributed by atoms with Crippen LogP contribution in [-0.4, -0.2) is 5.84 Å². The number of nitrogens with zero attached hydrogens (tertiary/aromatic N) is 2. The lowest BCUT2D eigenvalue weighted by molar-refractivity contribution is -0.846. The minimum Gasteiger partial charge on any atom is -1.00 e. The topological polar surface area (TPSA) is 32.1 Å². The number of anilines is 1. The number of rotatable bonds is 3. The molecule has 1 aliphatic rings. The Balaban J connectivity index is 0.00000225. The summed E-state index contributed by atoms with van der Waals surface area (Å²) in [6.45, 7) is 0. The maximum Gasteiger partial charge on any atom is 0.215 e. The third kappa shape index (κ3) is 4.25. The second-order valence-electron chi connectivity index (χ2n) is 5.82. The van der Waals surface area contributed by atoms with E-state index >= 15 is 0 Å². The highest BCUT2D eigenvalue weighted by atomic mass is 79.9. The molecule has 4 rings (SSSR count). The van der Waals surface area contributed by atoms with Gasteiger partial charge >= 0.3 is 0 Å². The van der Waals surface area contributed by atoms with Crippen LogP contribution in [0, 0.1) is 0 Å². The SMILES string of the molecule is Clc1cc(Cl)c(N2NC(c3ccc(Br)cc3)=N[NH+]2c2ccccc2)c(Cl)c1.[Cl-]. The molecule has 1 unspecified atom stereocenters. The predicted molar refractivity (Wildman–Crippen MR) is 115 cm³/mol. The summed E-state index contributed by atoms with van der Waals surface area (Å²) in [6, 6.07) is 21.0. The number of quaternary nitrogens is 1. The van der Waals surface area contributed by atoms with E-state index in [-0.39, 0.29) is 12.4 Å². The zero-order chi connectivity index (χ0) is 19.0. The lowest BCUT2D eigenvalue weighted by Gasteiger charge is -2.23. The van der Waals surface area contributed by atoms with E-state index in [4.69, 9.17) is 39.9 Å². The number of amidine groups is 1. The van der Waals surface area contributed by atoms with Crippen molar-refractivity contribution in [2.75, 3.05) is 5.12 Å². The van der Waals surface area contributed by atoms with Crippen LogP contribution in [0.15, 0.2) is 76.3 Å². The van der Waals surface area contributed by atoms with Crippen molar-refractivity contribution in [1.82, 2.24) is 5.43 Å². The van der Waals surface area contributed by atoms with Crippen molar-refractivity contribution in [2.24, 2.45) is 5.10 Å². The first-order valence-corrected chi connectivity index (χ1v) is 9.94. The van der Waals surface area contributed by atoms with Crippen LogP contribution < -0.4 is 28.1 Å². The second-order valence-corrected chi connectivity index (χ2v) is 7.99. The first-order valence-electron chi connectivity index (χ1n) is 8.01. The summed E-state index contributed by atoms with van der Waals surface area (Å²) >= 11 is 22.4. The monoisotopic (exact) mass is 516 g/mol. The summed E-state index contributed by atoms with van der Waals surface area (Å²) < 4.78 is 0.998. The molecule has 1 heterocycles. The van der Waals surface area contributed by atoms with Gasteiger partial charge in [0.05, 0.1) is 10.0 Å². The largest absolute Gasteiger partial charge is 1.00 e. The van der Waals surface area contributed by atoms with Gasteiger partial charge < -0.3 is 12.4 Å². The molecule has 9 heteroatoms. The van der Waals surface area contributed by atoms with Gasteiger partial charge in [-0.25, -0.2) is 5.43 Å². The smallest absolute Gasteiger partial charge is 0.215 e. The van der Waals surface area contributed by atoms with Crippen LogP contribution in [0.4, 0.5) is 11.4 Å². The maximum absolute atomic E-state index is 6.46. The van der Waals surface area contributed by atoms with Crippen LogP contribution in [0.5, 0.6) is 0 Å². The maximum atomic E-state index is 6.46. The second kappa shape index (κ2) is 8.91. The number of hydrogen-bond donors (Lipinski definition) is 2. The molecule has 0 bridgehead atoms. The highest BCUT2D eigenvalue weighted by Crippen LogP contribution is 2.35. The van der Waals surface area contributed by atoms with Crippen LogP contribution in [0.3, 0.4) is 0 Å². The van der Waals surface area contributed by atoms with Gasteiger partial charge in [-0.05, 0) is 41.5 Å². The Hall–Kier alpha value is -1.47. The molecule has 3 aromatic rings. The van der Waals surface area contributed by atoms with Gasteiger partial charge in [-0.3, -0.25) is 0 Å². The molecule has 28 heavy (non-hydrogen) atoms. The molecule has 0 amide bonds. The molecule has 1 aliphatic heterocycles. The van der Waals surface area contributed by atoms with Gasteiger partial charge in [-0.1, -0.05) is 79.2 Å². The zero-order valence-corrected chi connectivity index (χ0v) is 18.7. The Morgan fingerprint density at radius 1 is 0.893 bits per heavy atom. The molecule has 0 aliphatic carbocycles. The summed E-state index contributed by atoms with van der Waals surface area (Å²) in [5.74, 6) is 0.698. The normalized spacial score (nSPS) is 15.6. The third-order valence-corrected chi connectivity index (χ3v) is 5.33. The zero-order valence-electron chi connectivity index (χ0n) is 14.1. The standard InChI is InChI=1S/C19H12BrCl3N4.ClH/c20-13-8-6-12(7-9-13)19-24-26(15-4-2-1-3-5-15)27(25-19)18-16(22)10-14(21)11-17(18)23;/h1-11H,(H,24,25);1H. The van der Waals surface area contributed by atoms with E-state index in [1.165, 1.54) is 0 Å². The third-order valence-electron chi connectivity index (χ3n) is 4.00. The van der Waals surface area contributed by atoms with Crippen molar-refractivity contribution in [2.45, 2.75) is 0 Å². The average Bonchev–Trinajstić information content (AvgIpc) is 3.07. The van der Waals surface area contributed by atoms with Crippen molar-refractivity contribution >= 4 is 67.9 Å². The highest BCUT2D eigenvalue weighted by molar-refractivity contribution is 9.10. The lowest BCUT2D eigenvalue weighted by atomic mass is 10.2. The summed E-state index contributed by atoms with van der Waals surface area (Å²) in [7, 11) is 0. The molecule has 2 N–H and O–H groups in total. The van der Waals surface area contributed by atoms with Gasteiger partial charge in [0, 0.05) is 27.2 Å². The lowest BCUT2D eigenvalue weighted by Crippen LogP contribution is -3.10. The Labute approximate surface area is 192 Å². The van der Waals surface area contributed by atoms with Crippen LogP contribution in [0.1, 0.15) is 5.56 Å². The Morgan fingerprint density at radius 2 is 1.50 bits per heavy atom. The Bertz CT molecular complexity index is 989. The summed E-state index contributed by atoms with van der Waals surface area (Å²) in [5.41, 5.74) is 5.78. The van der Waals surface area contributed by atoms with Crippen LogP contribution in [-0.2, 0) is 0 Å². The van der Waals surface area contributed by atoms with E-state index in [9.17, 15) is 0 Å². The van der Waals surface area contributed by atoms with E-state index in [0.717, 1.165) is 15.7 Å². The Kier molecular flexibility index (Phi) is 6.76. The number of benzene rings is 3. The molecule has 144 valence electrons. The molecule has 0 saturated heterocycles. The van der Waals surface area contributed by atoms with Gasteiger partial charge in [-0.2, -0.15) is 0 Å². The number of hydrogen-bond acceptors (Lipinski definition) is 3. The van der Waals surface area contributed by atoms with E-state index in [1.54, 1.807) is 17.3 Å². The van der Waals surface area contributed by atoms with E-state index in [0.29, 0.717) is 31.7 Å². The first kappa shape index (κ1) is 21.2. The Morgan fingerprint density at radius 3 is 2.11 bits per heavy atom. The molecule has 0 fully saturated rings. The van der Waals surface area contributed by atoms with E-state index in [1.807, 2.05) is 54.6 Å². The molecule has 0 spiro atoms. The fourth-order valence-electron chi connectivity index (χ4n) is 2.77. The van der Waals surface area contributed by atoms with Gasteiger partial charge in [0.15, 0.2) is 11.4 Å². The van der Waals surface area contributed by atoms with Gasteiger partial charge in [0.1, 0.15) is 0 Å². The average molecular weight is 519 g/mol. The summed E-state index contributed by atoms with van der Waals surface area (Å²) in [4.78, 5) is 0. The minimum absolute atomic E-state index is 0. The number of hydrazine groups is 1. The molecule has 3 aromatic carbocycles. The van der Waals surface area contributed by atoms with Gasteiger partial charge in [-0.15, -0.1) is 0 Å². The van der Waals surface area contributed by atoms with Gasteiger partial charge in [0.2, 0.25) is 5.84 Å². The van der Waals surface area contributed by atoms with Crippen molar-refractivity contribution in [3.05, 3.63) is 91.8 Å². The fourth-order valence-corrected chi connectivity index (χ4v) is 4.02. The molecule has 4 nitrogen and oxygen atoms in total. The van der Waals surface area contributed by atoms with Crippen LogP contribution in [0.2, 0.25) is 15.1 Å². The molecule has 0 aromatic heterocycles. The van der Waals surface area contributed by atoms with E-state index in [2.05, 4.69) is 21.4 Å². The van der Waals surface area contributed by atoms with Gasteiger partial charge in [0.25, 0.3) is 0 Å². The quantitative estimate of drug-likeness (QED) is 0.557. The predicted octanol–water partition coefficient (Wildman–Crippen LogP) is 2.23. The summed E-state index contributed by atoms with van der Waals surface area (Å²) in [6.07, 6.45) is 0. The molecular formula is C19H13BrCl4N4. The highest BCUT2D eigenvalue weighted by Gasteiger charge is 2.35. The number of nitrogens with one attached hydrogen (secondary N) is 2. The van der Waals surface area contributed by atoms with Crippen molar-refractivity contribution in [1.29, 1.82) is 0 Å². The summed E-state index contributed by atoms with van der Waals surface area (Å²) in [5, 5.41) is 8.62. The minimum atomic E-state index is 0. The van der Waals surface area contributed by atoms with Crippen LogP contribution in [0.25, 0.3) is 0 Å². The van der Waals surface area contributed by atoms with Crippen molar-refractivity contribution in [3.63, 3.8) is 0 Å². The molecule has 1 atom stereocenters. The van der Waals surface area contributed by atoms with Crippen LogP contribution >= 0.6 is 50.7 Å². The number of halogens is 5. The van der Waals surface area contributed by atoms with E-state index < -0.39 is 0 Å². The molecule has 0 saturated carbocycles.